The normalized spacial score (nSPS) is 10.9. The maximum atomic E-state index is 12.3. The van der Waals surface area contributed by atoms with E-state index in [4.69, 9.17) is 21.1 Å². The van der Waals surface area contributed by atoms with Gasteiger partial charge in [0.15, 0.2) is 0 Å². The zero-order valence-electron chi connectivity index (χ0n) is 13.5. The highest BCUT2D eigenvalue weighted by atomic mass is 35.5. The predicted molar refractivity (Wildman–Crippen MR) is 91.4 cm³/mol. The molecule has 0 radical (unpaired) electrons. The second-order valence-corrected chi connectivity index (χ2v) is 5.29. The third kappa shape index (κ3) is 4.51. The molecule has 0 heterocycles. The Bertz CT molecular complexity index is 832. The Morgan fingerprint density at radius 3 is 2.44 bits per heavy atom. The number of carbonyl (C=O) groups is 2. The number of aliphatic carboxylic acids is 1. The van der Waals surface area contributed by atoms with Gasteiger partial charge in [0.25, 0.3) is 5.91 Å². The Morgan fingerprint density at radius 1 is 1.12 bits per heavy atom. The summed E-state index contributed by atoms with van der Waals surface area (Å²) in [5.41, 5.74) is 0.117. The van der Waals surface area contributed by atoms with Crippen molar-refractivity contribution in [2.75, 3.05) is 14.2 Å². The first kappa shape index (κ1) is 18.4. The lowest BCUT2D eigenvalue weighted by Gasteiger charge is -2.13. The molecule has 0 bridgehead atoms. The zero-order valence-corrected chi connectivity index (χ0v) is 14.3. The van der Waals surface area contributed by atoms with Crippen molar-refractivity contribution in [1.29, 1.82) is 0 Å². The molecule has 1 amide bonds. The average Bonchev–Trinajstić information content (AvgIpc) is 2.61. The Balaban J connectivity index is 2.38. The number of hydrogen-bond donors (Lipinski definition) is 1. The number of benzene rings is 2. The topological polar surface area (TPSA) is 87.7 Å². The van der Waals surface area contributed by atoms with Gasteiger partial charge in [0.1, 0.15) is 11.5 Å². The van der Waals surface area contributed by atoms with E-state index in [0.717, 1.165) is 0 Å². The predicted octanol–water partition coefficient (Wildman–Crippen LogP) is 1.88. The summed E-state index contributed by atoms with van der Waals surface area (Å²) in [7, 11) is 2.92. The van der Waals surface area contributed by atoms with Gasteiger partial charge >= 0.3 is 0 Å². The minimum Gasteiger partial charge on any atom is -0.543 e. The summed E-state index contributed by atoms with van der Waals surface area (Å²) in [5, 5.41) is 13.9. The number of carboxylic acids is 1. The SMILES string of the molecule is COc1ccc(OC)c(/C=C(\NC(=O)c2ccccc2Cl)C(=O)[O-])c1. The van der Waals surface area contributed by atoms with Crippen LogP contribution in [0, 0.1) is 0 Å². The maximum absolute atomic E-state index is 12.3. The fourth-order valence-electron chi connectivity index (χ4n) is 2.09. The van der Waals surface area contributed by atoms with Gasteiger partial charge in [-0.05, 0) is 36.4 Å². The van der Waals surface area contributed by atoms with Gasteiger partial charge in [0, 0.05) is 5.56 Å². The van der Waals surface area contributed by atoms with E-state index in [1.165, 1.54) is 32.4 Å². The van der Waals surface area contributed by atoms with Crippen LogP contribution in [-0.4, -0.2) is 26.1 Å². The van der Waals surface area contributed by atoms with Crippen molar-refractivity contribution in [3.8, 4) is 11.5 Å². The molecule has 2 rings (SSSR count). The molecule has 0 aliphatic heterocycles. The van der Waals surface area contributed by atoms with Crippen LogP contribution in [0.15, 0.2) is 48.2 Å². The summed E-state index contributed by atoms with van der Waals surface area (Å²) in [5.74, 6) is -1.30. The quantitative estimate of drug-likeness (QED) is 0.795. The number of amides is 1. The number of rotatable bonds is 6. The second kappa shape index (κ2) is 8.21. The van der Waals surface area contributed by atoms with Gasteiger partial charge in [0.2, 0.25) is 0 Å². The fourth-order valence-corrected chi connectivity index (χ4v) is 2.31. The Kier molecular flexibility index (Phi) is 6.03. The summed E-state index contributed by atoms with van der Waals surface area (Å²) in [6, 6.07) is 11.2. The first-order valence-electron chi connectivity index (χ1n) is 7.17. The molecule has 0 saturated heterocycles. The third-order valence-corrected chi connectivity index (χ3v) is 3.65. The molecule has 0 fully saturated rings. The first-order chi connectivity index (χ1) is 12.0. The maximum Gasteiger partial charge on any atom is 0.257 e. The minimum atomic E-state index is -1.55. The van der Waals surface area contributed by atoms with Crippen LogP contribution >= 0.6 is 11.6 Å². The van der Waals surface area contributed by atoms with Gasteiger partial charge in [-0.1, -0.05) is 23.7 Å². The van der Waals surface area contributed by atoms with E-state index in [-0.39, 0.29) is 10.6 Å². The van der Waals surface area contributed by atoms with Gasteiger partial charge in [-0.2, -0.15) is 0 Å². The lowest BCUT2D eigenvalue weighted by molar-refractivity contribution is -0.299. The summed E-state index contributed by atoms with van der Waals surface area (Å²) >= 11 is 5.95. The molecule has 2 aromatic carbocycles. The summed E-state index contributed by atoms with van der Waals surface area (Å²) in [6.07, 6.45) is 1.23. The Morgan fingerprint density at radius 2 is 1.84 bits per heavy atom. The molecule has 0 atom stereocenters. The summed E-state index contributed by atoms with van der Waals surface area (Å²) < 4.78 is 10.3. The van der Waals surface area contributed by atoms with Crippen LogP contribution in [0.25, 0.3) is 6.08 Å². The van der Waals surface area contributed by atoms with Crippen LogP contribution in [0.5, 0.6) is 11.5 Å². The standard InChI is InChI=1S/C18H16ClNO5/c1-24-12-7-8-16(25-2)11(9-12)10-15(18(22)23)20-17(21)13-5-3-4-6-14(13)19/h3-10H,1-2H3,(H,20,21)(H,22,23)/p-1/b15-10-. The van der Waals surface area contributed by atoms with E-state index >= 15 is 0 Å². The molecule has 0 aliphatic carbocycles. The van der Waals surface area contributed by atoms with Gasteiger partial charge in [-0.25, -0.2) is 0 Å². The number of methoxy groups -OCH3 is 2. The number of carboxylic acid groups (broad SMARTS) is 1. The summed E-state index contributed by atoms with van der Waals surface area (Å²) in [4.78, 5) is 23.7. The second-order valence-electron chi connectivity index (χ2n) is 4.89. The number of hydrogen-bond acceptors (Lipinski definition) is 5. The van der Waals surface area contributed by atoms with Crippen molar-refractivity contribution in [1.82, 2.24) is 5.32 Å². The molecule has 2 aromatic rings. The molecule has 25 heavy (non-hydrogen) atoms. The highest BCUT2D eigenvalue weighted by molar-refractivity contribution is 6.34. The Labute approximate surface area is 149 Å². The summed E-state index contributed by atoms with van der Waals surface area (Å²) in [6.45, 7) is 0. The largest absolute Gasteiger partial charge is 0.543 e. The van der Waals surface area contributed by atoms with Crippen LogP contribution in [0.1, 0.15) is 15.9 Å². The van der Waals surface area contributed by atoms with E-state index in [1.807, 2.05) is 0 Å². The van der Waals surface area contributed by atoms with Gasteiger partial charge in [0.05, 0.1) is 36.5 Å². The monoisotopic (exact) mass is 360 g/mol. The van der Waals surface area contributed by atoms with Crippen LogP contribution in [0.2, 0.25) is 5.02 Å². The van der Waals surface area contributed by atoms with Crippen molar-refractivity contribution in [2.24, 2.45) is 0 Å². The van der Waals surface area contributed by atoms with E-state index in [2.05, 4.69) is 5.32 Å². The molecule has 1 N–H and O–H groups in total. The van der Waals surface area contributed by atoms with Crippen LogP contribution < -0.4 is 19.9 Å². The van der Waals surface area contributed by atoms with Gasteiger partial charge in [-0.3, -0.25) is 4.79 Å². The smallest absolute Gasteiger partial charge is 0.257 e. The first-order valence-corrected chi connectivity index (χ1v) is 7.55. The van der Waals surface area contributed by atoms with Crippen LogP contribution in [-0.2, 0) is 4.79 Å². The van der Waals surface area contributed by atoms with E-state index in [1.54, 1.807) is 30.3 Å². The molecule has 6 nitrogen and oxygen atoms in total. The molecule has 0 saturated carbocycles. The number of ether oxygens (including phenoxy) is 2. The van der Waals surface area contributed by atoms with Gasteiger partial charge in [-0.15, -0.1) is 0 Å². The fraction of sp³-hybridized carbons (Fsp3) is 0.111. The molecule has 7 heteroatoms. The van der Waals surface area contributed by atoms with Crippen molar-refractivity contribution in [2.45, 2.75) is 0 Å². The number of carbonyl (C=O) groups excluding carboxylic acids is 2. The third-order valence-electron chi connectivity index (χ3n) is 3.32. The Hall–Kier alpha value is -2.99. The van der Waals surface area contributed by atoms with Gasteiger partial charge < -0.3 is 24.7 Å². The van der Waals surface area contributed by atoms with Crippen LogP contribution in [0.3, 0.4) is 0 Å². The molecule has 0 spiro atoms. The lowest BCUT2D eigenvalue weighted by Crippen LogP contribution is -2.35. The molecular weight excluding hydrogens is 346 g/mol. The van der Waals surface area contributed by atoms with Crippen molar-refractivity contribution in [3.63, 3.8) is 0 Å². The van der Waals surface area contributed by atoms with Crippen molar-refractivity contribution < 1.29 is 24.2 Å². The average molecular weight is 361 g/mol. The van der Waals surface area contributed by atoms with E-state index < -0.39 is 17.6 Å². The van der Waals surface area contributed by atoms with E-state index in [0.29, 0.717) is 17.1 Å². The molecular formula is C18H15ClNO5-. The highest BCUT2D eigenvalue weighted by Gasteiger charge is 2.13. The molecule has 0 aliphatic rings. The number of halogens is 1. The lowest BCUT2D eigenvalue weighted by atomic mass is 10.1. The van der Waals surface area contributed by atoms with Crippen LogP contribution in [0.4, 0.5) is 0 Å². The number of nitrogens with one attached hydrogen (secondary N) is 1. The highest BCUT2D eigenvalue weighted by Crippen LogP contribution is 2.26. The van der Waals surface area contributed by atoms with Crippen molar-refractivity contribution >= 4 is 29.6 Å². The zero-order chi connectivity index (χ0) is 18.4. The molecule has 0 unspecified atom stereocenters. The molecule has 0 aromatic heterocycles. The van der Waals surface area contributed by atoms with E-state index in [9.17, 15) is 14.7 Å². The van der Waals surface area contributed by atoms with Crippen molar-refractivity contribution in [3.05, 3.63) is 64.3 Å². The molecule has 130 valence electrons. The minimum absolute atomic E-state index is 0.147.